The summed E-state index contributed by atoms with van der Waals surface area (Å²) in [7, 11) is 0. The highest BCUT2D eigenvalue weighted by atomic mass is 35.5. The van der Waals surface area contributed by atoms with E-state index in [4.69, 9.17) is 11.5 Å². The van der Waals surface area contributed by atoms with Crippen molar-refractivity contribution in [1.29, 1.82) is 0 Å². The van der Waals surface area contributed by atoms with Crippen LogP contribution in [0.2, 0.25) is 0 Å². The quantitative estimate of drug-likeness (QED) is 0.426. The average molecular weight is 427 g/mol. The van der Waals surface area contributed by atoms with E-state index in [-0.39, 0.29) is 30.0 Å². The van der Waals surface area contributed by atoms with Gasteiger partial charge in [0.15, 0.2) is 0 Å². The average Bonchev–Trinajstić information content (AvgIpc) is 2.64. The summed E-state index contributed by atoms with van der Waals surface area (Å²) in [6, 6.07) is 14.2. The lowest BCUT2D eigenvalue weighted by molar-refractivity contribution is -0.384. The Bertz CT molecular complexity index is 1060. The van der Waals surface area contributed by atoms with Gasteiger partial charge in [0.1, 0.15) is 5.66 Å². The van der Waals surface area contributed by atoms with Gasteiger partial charge in [-0.25, -0.2) is 4.99 Å². The SMILES string of the molecule is CC1(C)N=C(N)N=C(N)N1c1cccc(C=CC=Cc2cccc([N+](=O)[O-])c2)c1.Cl. The highest BCUT2D eigenvalue weighted by Crippen LogP contribution is 2.28. The zero-order valence-electron chi connectivity index (χ0n) is 16.6. The van der Waals surface area contributed by atoms with Gasteiger partial charge in [0.05, 0.1) is 4.92 Å². The Morgan fingerprint density at radius 2 is 1.63 bits per heavy atom. The van der Waals surface area contributed by atoms with Crippen molar-refractivity contribution in [3.05, 3.63) is 81.9 Å². The number of nitrogens with zero attached hydrogens (tertiary/aromatic N) is 4. The van der Waals surface area contributed by atoms with E-state index >= 15 is 0 Å². The van der Waals surface area contributed by atoms with Gasteiger partial charge in [0, 0.05) is 17.8 Å². The van der Waals surface area contributed by atoms with E-state index in [1.54, 1.807) is 6.07 Å². The summed E-state index contributed by atoms with van der Waals surface area (Å²) in [6.45, 7) is 3.82. The van der Waals surface area contributed by atoms with Crippen LogP contribution in [0.25, 0.3) is 12.2 Å². The second kappa shape index (κ2) is 9.23. The molecule has 0 unspecified atom stereocenters. The minimum atomic E-state index is -0.653. The second-order valence-electron chi connectivity index (χ2n) is 6.94. The van der Waals surface area contributed by atoms with Gasteiger partial charge in [-0.05, 0) is 37.1 Å². The summed E-state index contributed by atoms with van der Waals surface area (Å²) in [4.78, 5) is 20.7. The molecule has 0 fully saturated rings. The number of non-ortho nitro benzene ring substituents is 1. The normalized spacial score (nSPS) is 15.6. The number of nitro benzene ring substituents is 1. The fraction of sp³-hybridized carbons (Fsp3) is 0.143. The van der Waals surface area contributed by atoms with Crippen molar-refractivity contribution < 1.29 is 4.92 Å². The van der Waals surface area contributed by atoms with Crippen molar-refractivity contribution in [2.45, 2.75) is 19.5 Å². The van der Waals surface area contributed by atoms with E-state index in [9.17, 15) is 10.1 Å². The van der Waals surface area contributed by atoms with Crippen LogP contribution < -0.4 is 16.4 Å². The molecule has 3 rings (SSSR count). The van der Waals surface area contributed by atoms with Crippen LogP contribution in [-0.4, -0.2) is 22.5 Å². The van der Waals surface area contributed by atoms with Crippen molar-refractivity contribution in [1.82, 2.24) is 0 Å². The van der Waals surface area contributed by atoms with E-state index in [0.717, 1.165) is 16.8 Å². The number of rotatable bonds is 5. The summed E-state index contributed by atoms with van der Waals surface area (Å²) in [6.07, 6.45) is 7.44. The molecule has 0 atom stereocenters. The molecule has 2 aromatic carbocycles. The predicted octanol–water partition coefficient (Wildman–Crippen LogP) is 3.93. The van der Waals surface area contributed by atoms with E-state index in [0.29, 0.717) is 0 Å². The molecule has 0 bridgehead atoms. The summed E-state index contributed by atoms with van der Waals surface area (Å²) in [5.74, 6) is 0.445. The maximum Gasteiger partial charge on any atom is 0.270 e. The number of aliphatic imine (C=N–C) groups is 2. The first-order chi connectivity index (χ1) is 13.8. The molecule has 30 heavy (non-hydrogen) atoms. The molecule has 1 aliphatic rings. The van der Waals surface area contributed by atoms with Crippen LogP contribution in [0.3, 0.4) is 0 Å². The zero-order chi connectivity index (χ0) is 21.0. The van der Waals surface area contributed by atoms with Crippen LogP contribution >= 0.6 is 12.4 Å². The number of allylic oxidation sites excluding steroid dienone is 2. The van der Waals surface area contributed by atoms with Crippen LogP contribution in [0, 0.1) is 10.1 Å². The van der Waals surface area contributed by atoms with Crippen LogP contribution in [0.4, 0.5) is 11.4 Å². The lowest BCUT2D eigenvalue weighted by Gasteiger charge is -2.38. The Labute approximate surface area is 180 Å². The van der Waals surface area contributed by atoms with Crippen molar-refractivity contribution >= 4 is 47.9 Å². The lowest BCUT2D eigenvalue weighted by atomic mass is 10.1. The van der Waals surface area contributed by atoms with Crippen LogP contribution in [0.1, 0.15) is 25.0 Å². The number of benzene rings is 2. The molecule has 0 radical (unpaired) electrons. The van der Waals surface area contributed by atoms with Crippen LogP contribution in [-0.2, 0) is 0 Å². The van der Waals surface area contributed by atoms with Gasteiger partial charge >= 0.3 is 0 Å². The molecule has 4 N–H and O–H groups in total. The number of nitrogens with two attached hydrogens (primary N) is 2. The lowest BCUT2D eigenvalue weighted by Crippen LogP contribution is -2.54. The third-order valence-corrected chi connectivity index (χ3v) is 4.29. The highest BCUT2D eigenvalue weighted by Gasteiger charge is 2.32. The molecule has 1 heterocycles. The van der Waals surface area contributed by atoms with Crippen molar-refractivity contribution in [3.63, 3.8) is 0 Å². The smallest absolute Gasteiger partial charge is 0.270 e. The van der Waals surface area contributed by atoms with E-state index in [1.165, 1.54) is 12.1 Å². The number of nitro groups is 1. The van der Waals surface area contributed by atoms with Crippen molar-refractivity contribution in [3.8, 4) is 0 Å². The van der Waals surface area contributed by atoms with E-state index < -0.39 is 10.6 Å². The number of hydrogen-bond donors (Lipinski definition) is 2. The van der Waals surface area contributed by atoms with Gasteiger partial charge in [-0.3, -0.25) is 15.0 Å². The minimum absolute atomic E-state index is 0. The molecular weight excluding hydrogens is 404 g/mol. The summed E-state index contributed by atoms with van der Waals surface area (Å²) < 4.78 is 0. The molecule has 0 amide bonds. The first-order valence-corrected chi connectivity index (χ1v) is 8.95. The zero-order valence-corrected chi connectivity index (χ0v) is 17.4. The largest absolute Gasteiger partial charge is 0.369 e. The number of hydrogen-bond acceptors (Lipinski definition) is 7. The topological polar surface area (TPSA) is 123 Å². The monoisotopic (exact) mass is 426 g/mol. The minimum Gasteiger partial charge on any atom is -0.369 e. The van der Waals surface area contributed by atoms with Crippen molar-refractivity contribution in [2.24, 2.45) is 21.5 Å². The molecule has 0 aliphatic carbocycles. The number of anilines is 1. The second-order valence-corrected chi connectivity index (χ2v) is 6.94. The Balaban J connectivity index is 0.00000320. The Morgan fingerprint density at radius 3 is 2.23 bits per heavy atom. The Morgan fingerprint density at radius 1 is 1.03 bits per heavy atom. The maximum atomic E-state index is 10.8. The molecule has 9 heteroatoms. The van der Waals surface area contributed by atoms with Gasteiger partial charge in [0.2, 0.25) is 11.9 Å². The molecule has 0 aromatic heterocycles. The predicted molar refractivity (Wildman–Crippen MR) is 125 cm³/mol. The molecule has 1 aliphatic heterocycles. The Kier molecular flexibility index (Phi) is 6.97. The summed E-state index contributed by atoms with van der Waals surface area (Å²) in [5, 5.41) is 10.8. The van der Waals surface area contributed by atoms with Gasteiger partial charge in [-0.15, -0.1) is 12.4 Å². The molecule has 0 saturated heterocycles. The highest BCUT2D eigenvalue weighted by molar-refractivity contribution is 6.05. The van der Waals surface area contributed by atoms with Gasteiger partial charge in [-0.2, -0.15) is 4.99 Å². The van der Waals surface area contributed by atoms with Gasteiger partial charge < -0.3 is 11.5 Å². The van der Waals surface area contributed by atoms with E-state index in [1.807, 2.05) is 73.4 Å². The molecule has 156 valence electrons. The van der Waals surface area contributed by atoms with Crippen LogP contribution in [0.5, 0.6) is 0 Å². The first kappa shape index (κ1) is 22.6. The van der Waals surface area contributed by atoms with Gasteiger partial charge in [0.25, 0.3) is 5.69 Å². The molecular formula is C21H23ClN6O2. The fourth-order valence-electron chi connectivity index (χ4n) is 3.09. The molecule has 0 spiro atoms. The third-order valence-electron chi connectivity index (χ3n) is 4.29. The van der Waals surface area contributed by atoms with E-state index in [2.05, 4.69) is 9.98 Å². The number of halogens is 1. The first-order valence-electron chi connectivity index (χ1n) is 8.95. The molecule has 2 aromatic rings. The number of guanidine groups is 2. The summed E-state index contributed by atoms with van der Waals surface area (Å²) in [5.41, 5.74) is 13.8. The maximum absolute atomic E-state index is 10.8. The third kappa shape index (κ3) is 5.24. The standard InChI is InChI=1S/C21H22N6O2.ClH/c1-21(2)25-19(22)24-20(23)26(21)17-11-5-9-15(13-17)7-3-4-8-16-10-6-12-18(14-16)27(28)29;/h3-14H,1-2H3,(H4,22,23,24,25);1H. The Hall–Kier alpha value is -3.65. The van der Waals surface area contributed by atoms with Gasteiger partial charge in [-0.1, -0.05) is 48.6 Å². The molecule has 0 saturated carbocycles. The fourth-order valence-corrected chi connectivity index (χ4v) is 3.09. The van der Waals surface area contributed by atoms with Crippen LogP contribution in [0.15, 0.2) is 70.7 Å². The summed E-state index contributed by atoms with van der Waals surface area (Å²) >= 11 is 0. The van der Waals surface area contributed by atoms with Crippen molar-refractivity contribution in [2.75, 3.05) is 4.90 Å². The molecule has 8 nitrogen and oxygen atoms in total.